The molecule has 2 aliphatic heterocycles. The predicted molar refractivity (Wildman–Crippen MR) is 65.6 cm³/mol. The van der Waals surface area contributed by atoms with E-state index in [1.165, 1.54) is 25.8 Å². The molecule has 1 saturated carbocycles. The highest BCUT2D eigenvalue weighted by atomic mass is 16.7. The monoisotopic (exact) mass is 240 g/mol. The van der Waals surface area contributed by atoms with Gasteiger partial charge in [-0.1, -0.05) is 0 Å². The number of piperidine rings is 1. The number of likely N-dealkylation sites (tertiary alicyclic amines) is 1. The van der Waals surface area contributed by atoms with Crippen LogP contribution in [0.2, 0.25) is 0 Å². The molecule has 0 atom stereocenters. The van der Waals surface area contributed by atoms with Gasteiger partial charge in [-0.3, -0.25) is 0 Å². The summed E-state index contributed by atoms with van der Waals surface area (Å²) < 4.78 is 11.5. The van der Waals surface area contributed by atoms with Gasteiger partial charge in [0.25, 0.3) is 0 Å². The molecule has 3 rings (SSSR count). The lowest BCUT2D eigenvalue weighted by Crippen LogP contribution is -2.46. The van der Waals surface area contributed by atoms with E-state index in [1.54, 1.807) is 0 Å². The Bertz CT molecular complexity index is 263. The summed E-state index contributed by atoms with van der Waals surface area (Å²) in [4.78, 5) is 2.58. The molecule has 1 spiro atoms. The molecule has 0 aromatic rings. The van der Waals surface area contributed by atoms with Gasteiger partial charge in [-0.15, -0.1) is 0 Å². The molecular weight excluding hydrogens is 216 g/mol. The smallest absolute Gasteiger partial charge is 0.170 e. The van der Waals surface area contributed by atoms with Crippen molar-refractivity contribution in [2.45, 2.75) is 37.9 Å². The van der Waals surface area contributed by atoms with E-state index in [1.807, 2.05) is 0 Å². The van der Waals surface area contributed by atoms with E-state index in [4.69, 9.17) is 15.2 Å². The summed E-state index contributed by atoms with van der Waals surface area (Å²) in [6.45, 7) is 5.86. The minimum absolute atomic E-state index is 0.221. The summed E-state index contributed by atoms with van der Waals surface area (Å²) in [6.07, 6.45) is 6.01. The molecule has 1 aliphatic carbocycles. The maximum atomic E-state index is 5.75. The lowest BCUT2D eigenvalue weighted by atomic mass is 9.98. The highest BCUT2D eigenvalue weighted by molar-refractivity contribution is 4.97. The molecule has 2 heterocycles. The number of hydrogen-bond acceptors (Lipinski definition) is 4. The van der Waals surface area contributed by atoms with Crippen LogP contribution in [0.4, 0.5) is 0 Å². The van der Waals surface area contributed by atoms with Gasteiger partial charge >= 0.3 is 0 Å². The van der Waals surface area contributed by atoms with Crippen LogP contribution in [0.1, 0.15) is 32.1 Å². The van der Waals surface area contributed by atoms with Crippen LogP contribution in [-0.4, -0.2) is 50.1 Å². The van der Waals surface area contributed by atoms with Crippen LogP contribution < -0.4 is 5.73 Å². The summed E-state index contributed by atoms with van der Waals surface area (Å²) >= 11 is 0. The third-order valence-electron chi connectivity index (χ3n) is 4.62. The summed E-state index contributed by atoms with van der Waals surface area (Å²) in [7, 11) is 0. The summed E-state index contributed by atoms with van der Waals surface area (Å²) in [5.41, 5.74) is 6.26. The molecule has 0 aromatic carbocycles. The Labute approximate surface area is 103 Å². The number of nitrogens with zero attached hydrogens (tertiary/aromatic N) is 1. The van der Waals surface area contributed by atoms with Crippen molar-refractivity contribution in [1.82, 2.24) is 4.90 Å². The van der Waals surface area contributed by atoms with Crippen LogP contribution >= 0.6 is 0 Å². The molecular formula is C13H24N2O2. The van der Waals surface area contributed by atoms with Crippen LogP contribution in [0.25, 0.3) is 0 Å². The fourth-order valence-electron chi connectivity index (χ4n) is 3.28. The molecule has 0 radical (unpaired) electrons. The number of rotatable bonds is 4. The van der Waals surface area contributed by atoms with Crippen LogP contribution in [0.3, 0.4) is 0 Å². The van der Waals surface area contributed by atoms with Crippen molar-refractivity contribution in [3.8, 4) is 0 Å². The average Bonchev–Trinajstić information content (AvgIpc) is 2.93. The average molecular weight is 240 g/mol. The van der Waals surface area contributed by atoms with Crippen molar-refractivity contribution in [3.63, 3.8) is 0 Å². The lowest BCUT2D eigenvalue weighted by molar-refractivity contribution is -0.186. The largest absolute Gasteiger partial charge is 0.347 e. The van der Waals surface area contributed by atoms with Crippen molar-refractivity contribution in [2.75, 3.05) is 39.4 Å². The van der Waals surface area contributed by atoms with E-state index in [9.17, 15) is 0 Å². The van der Waals surface area contributed by atoms with Gasteiger partial charge < -0.3 is 20.1 Å². The van der Waals surface area contributed by atoms with Crippen molar-refractivity contribution < 1.29 is 9.47 Å². The van der Waals surface area contributed by atoms with Crippen molar-refractivity contribution in [3.05, 3.63) is 0 Å². The van der Waals surface area contributed by atoms with Gasteiger partial charge in [-0.2, -0.15) is 0 Å². The molecule has 3 aliphatic rings. The van der Waals surface area contributed by atoms with Gasteiger partial charge in [0.2, 0.25) is 0 Å². The summed E-state index contributed by atoms with van der Waals surface area (Å²) in [5.74, 6) is -0.221. The second-order valence-electron chi connectivity index (χ2n) is 5.92. The Morgan fingerprint density at radius 1 is 1.00 bits per heavy atom. The molecule has 98 valence electrons. The molecule has 17 heavy (non-hydrogen) atoms. The highest BCUT2D eigenvalue weighted by Crippen LogP contribution is 2.49. The topological polar surface area (TPSA) is 47.7 Å². The molecule has 2 N–H and O–H groups in total. The molecule has 0 bridgehead atoms. The zero-order chi connectivity index (χ0) is 11.8. The Morgan fingerprint density at radius 3 is 2.18 bits per heavy atom. The first-order chi connectivity index (χ1) is 8.26. The normalized spacial score (nSPS) is 30.9. The van der Waals surface area contributed by atoms with E-state index in [-0.39, 0.29) is 5.79 Å². The molecule has 0 amide bonds. The Hall–Kier alpha value is -0.160. The molecule has 2 saturated heterocycles. The van der Waals surface area contributed by atoms with Gasteiger partial charge in [0.1, 0.15) is 0 Å². The summed E-state index contributed by atoms with van der Waals surface area (Å²) in [6, 6.07) is 0. The molecule has 0 aromatic heterocycles. The SMILES string of the molecule is NCCC1(CN2CCC3(CC2)OCCO3)CC1. The van der Waals surface area contributed by atoms with Crippen LogP contribution in [0.15, 0.2) is 0 Å². The third kappa shape index (κ3) is 2.50. The fraction of sp³-hybridized carbons (Fsp3) is 1.00. The molecule has 4 nitrogen and oxygen atoms in total. The number of hydrogen-bond donors (Lipinski definition) is 1. The summed E-state index contributed by atoms with van der Waals surface area (Å²) in [5, 5.41) is 0. The standard InChI is InChI=1S/C13H24N2O2/c14-6-3-12(1-2-12)11-15-7-4-13(5-8-15)16-9-10-17-13/h1-11,14H2. The highest BCUT2D eigenvalue weighted by Gasteiger charge is 2.45. The Morgan fingerprint density at radius 2 is 1.65 bits per heavy atom. The second kappa shape index (κ2) is 4.50. The third-order valence-corrected chi connectivity index (χ3v) is 4.62. The maximum absolute atomic E-state index is 5.75. The van der Waals surface area contributed by atoms with Gasteiger partial charge in [-0.05, 0) is 31.2 Å². The van der Waals surface area contributed by atoms with E-state index in [0.717, 1.165) is 45.7 Å². The second-order valence-corrected chi connectivity index (χ2v) is 5.92. The van der Waals surface area contributed by atoms with Crippen LogP contribution in [0.5, 0.6) is 0 Å². The number of ether oxygens (including phenoxy) is 2. The zero-order valence-corrected chi connectivity index (χ0v) is 10.6. The minimum atomic E-state index is -0.221. The molecule has 0 unspecified atom stereocenters. The van der Waals surface area contributed by atoms with E-state index < -0.39 is 0 Å². The van der Waals surface area contributed by atoms with E-state index >= 15 is 0 Å². The van der Waals surface area contributed by atoms with Crippen molar-refractivity contribution in [2.24, 2.45) is 11.1 Å². The van der Waals surface area contributed by atoms with Crippen LogP contribution in [-0.2, 0) is 9.47 Å². The first-order valence-corrected chi connectivity index (χ1v) is 6.96. The first-order valence-electron chi connectivity index (χ1n) is 6.96. The fourth-order valence-corrected chi connectivity index (χ4v) is 3.28. The predicted octanol–water partition coefficient (Wildman–Crippen LogP) is 0.954. The van der Waals surface area contributed by atoms with Crippen molar-refractivity contribution >= 4 is 0 Å². The number of nitrogens with two attached hydrogens (primary N) is 1. The molecule has 3 fully saturated rings. The van der Waals surface area contributed by atoms with Gasteiger partial charge in [0.05, 0.1) is 13.2 Å². The van der Waals surface area contributed by atoms with Crippen molar-refractivity contribution in [1.29, 1.82) is 0 Å². The van der Waals surface area contributed by atoms with Gasteiger partial charge in [-0.25, -0.2) is 0 Å². The Balaban J connectivity index is 1.48. The van der Waals surface area contributed by atoms with Gasteiger partial charge in [0.15, 0.2) is 5.79 Å². The van der Waals surface area contributed by atoms with Crippen LogP contribution in [0, 0.1) is 5.41 Å². The Kier molecular flexibility index (Phi) is 3.15. The van der Waals surface area contributed by atoms with Gasteiger partial charge in [0, 0.05) is 32.5 Å². The quantitative estimate of drug-likeness (QED) is 0.795. The zero-order valence-electron chi connectivity index (χ0n) is 10.6. The van der Waals surface area contributed by atoms with E-state index in [2.05, 4.69) is 4.90 Å². The molecule has 4 heteroatoms. The maximum Gasteiger partial charge on any atom is 0.170 e. The minimum Gasteiger partial charge on any atom is -0.347 e. The van der Waals surface area contributed by atoms with E-state index in [0.29, 0.717) is 5.41 Å². The lowest BCUT2D eigenvalue weighted by Gasteiger charge is -2.39. The first kappa shape index (κ1) is 11.9.